The minimum absolute atomic E-state index is 0.0910. The second-order valence-corrected chi connectivity index (χ2v) is 8.36. The molecule has 8 heteroatoms. The van der Waals surface area contributed by atoms with Crippen LogP contribution >= 0.6 is 0 Å². The fraction of sp³-hybridized carbons (Fsp3) is 0.269. The molecule has 176 valence electrons. The zero-order valence-electron chi connectivity index (χ0n) is 19.4. The minimum Gasteiger partial charge on any atom is -0.387 e. The Labute approximate surface area is 198 Å². The maximum Gasteiger partial charge on any atom is 0.317 e. The van der Waals surface area contributed by atoms with Crippen LogP contribution in [0.15, 0.2) is 70.6 Å². The van der Waals surface area contributed by atoms with Crippen molar-refractivity contribution in [1.82, 2.24) is 10.2 Å². The number of nitrogens with zero attached hydrogens (tertiary/aromatic N) is 4. The number of amides is 2. The molecule has 3 aromatic rings. The van der Waals surface area contributed by atoms with Crippen LogP contribution in [-0.4, -0.2) is 49.3 Å². The number of aliphatic imine (C=N–C) groups is 2. The molecule has 0 aliphatic carbocycles. The number of benzene rings is 3. The SMILES string of the molecule is CC(N)=NC=Nc1ccc(N2CCN(C(=O)N[C@@H](C)c3cccc4ccccc34)CC2)cc1F. The number of rotatable bonds is 5. The van der Waals surface area contributed by atoms with Crippen LogP contribution in [0.5, 0.6) is 0 Å². The van der Waals surface area contributed by atoms with Crippen LogP contribution in [0, 0.1) is 5.82 Å². The van der Waals surface area contributed by atoms with E-state index < -0.39 is 5.82 Å². The van der Waals surface area contributed by atoms with Gasteiger partial charge in [-0.25, -0.2) is 19.2 Å². The number of hydrogen-bond donors (Lipinski definition) is 2. The highest BCUT2D eigenvalue weighted by Crippen LogP contribution is 2.26. The number of urea groups is 1. The number of halogens is 1. The Hall–Kier alpha value is -3.94. The van der Waals surface area contributed by atoms with Crippen molar-refractivity contribution < 1.29 is 9.18 Å². The summed E-state index contributed by atoms with van der Waals surface area (Å²) in [5.74, 6) is -0.0723. The number of carbonyl (C=O) groups excluding carboxylic acids is 1. The predicted molar refractivity (Wildman–Crippen MR) is 137 cm³/mol. The first-order valence-electron chi connectivity index (χ1n) is 11.3. The fourth-order valence-electron chi connectivity index (χ4n) is 4.13. The molecular formula is C26H29FN6O. The van der Waals surface area contributed by atoms with E-state index in [2.05, 4.69) is 44.5 Å². The molecule has 2 amide bonds. The smallest absolute Gasteiger partial charge is 0.317 e. The summed E-state index contributed by atoms with van der Waals surface area (Å²) in [5.41, 5.74) is 7.51. The number of amidine groups is 1. The van der Waals surface area contributed by atoms with Crippen molar-refractivity contribution in [3.63, 3.8) is 0 Å². The molecule has 0 unspecified atom stereocenters. The monoisotopic (exact) mass is 460 g/mol. The van der Waals surface area contributed by atoms with E-state index in [1.54, 1.807) is 17.9 Å². The van der Waals surface area contributed by atoms with Gasteiger partial charge in [-0.05, 0) is 48.4 Å². The second kappa shape index (κ2) is 10.3. The number of nitrogens with two attached hydrogens (primary N) is 1. The van der Waals surface area contributed by atoms with Gasteiger partial charge in [0.05, 0.1) is 11.9 Å². The molecule has 1 fully saturated rings. The van der Waals surface area contributed by atoms with Gasteiger partial charge in [0.25, 0.3) is 0 Å². The Morgan fingerprint density at radius 3 is 2.56 bits per heavy atom. The minimum atomic E-state index is -0.428. The molecule has 7 nitrogen and oxygen atoms in total. The number of nitrogens with one attached hydrogen (secondary N) is 1. The van der Waals surface area contributed by atoms with E-state index in [4.69, 9.17) is 5.73 Å². The molecule has 4 rings (SSSR count). The van der Waals surface area contributed by atoms with Crippen LogP contribution in [0.25, 0.3) is 10.8 Å². The Morgan fingerprint density at radius 1 is 1.09 bits per heavy atom. The third kappa shape index (κ3) is 5.33. The highest BCUT2D eigenvalue weighted by atomic mass is 19.1. The molecule has 34 heavy (non-hydrogen) atoms. The van der Waals surface area contributed by atoms with Gasteiger partial charge in [-0.3, -0.25) is 0 Å². The normalized spacial score (nSPS) is 15.7. The van der Waals surface area contributed by atoms with Gasteiger partial charge < -0.3 is 20.9 Å². The van der Waals surface area contributed by atoms with Crippen molar-refractivity contribution in [2.24, 2.45) is 15.7 Å². The molecule has 1 atom stereocenters. The lowest BCUT2D eigenvalue weighted by Crippen LogP contribution is -2.52. The Morgan fingerprint density at radius 2 is 1.82 bits per heavy atom. The van der Waals surface area contributed by atoms with Crippen LogP contribution in [0.1, 0.15) is 25.5 Å². The number of anilines is 1. The molecule has 1 aliphatic rings. The maximum atomic E-state index is 14.5. The van der Waals surface area contributed by atoms with E-state index in [0.29, 0.717) is 32.0 Å². The number of fused-ring (bicyclic) bond motifs is 1. The molecule has 0 spiro atoms. The van der Waals surface area contributed by atoms with Crippen molar-refractivity contribution in [3.05, 3.63) is 72.0 Å². The van der Waals surface area contributed by atoms with Gasteiger partial charge >= 0.3 is 6.03 Å². The molecule has 0 radical (unpaired) electrons. The van der Waals surface area contributed by atoms with Gasteiger partial charge in [-0.2, -0.15) is 0 Å². The molecule has 0 saturated carbocycles. The average Bonchev–Trinajstić information content (AvgIpc) is 2.84. The number of hydrogen-bond acceptors (Lipinski definition) is 3. The molecule has 0 bridgehead atoms. The van der Waals surface area contributed by atoms with Crippen molar-refractivity contribution in [2.45, 2.75) is 19.9 Å². The van der Waals surface area contributed by atoms with Gasteiger partial charge in [0, 0.05) is 31.9 Å². The largest absolute Gasteiger partial charge is 0.387 e. The molecule has 1 saturated heterocycles. The first-order chi connectivity index (χ1) is 16.4. The Bertz CT molecular complexity index is 1220. The van der Waals surface area contributed by atoms with E-state index in [1.807, 2.05) is 31.2 Å². The molecule has 3 aromatic carbocycles. The second-order valence-electron chi connectivity index (χ2n) is 8.36. The Balaban J connectivity index is 1.35. The summed E-state index contributed by atoms with van der Waals surface area (Å²) < 4.78 is 14.5. The van der Waals surface area contributed by atoms with Crippen molar-refractivity contribution >= 4 is 40.4 Å². The number of carbonyl (C=O) groups is 1. The molecular weight excluding hydrogens is 431 g/mol. The summed E-state index contributed by atoms with van der Waals surface area (Å²) in [6.45, 7) is 5.99. The third-order valence-corrected chi connectivity index (χ3v) is 5.95. The van der Waals surface area contributed by atoms with Crippen LogP contribution < -0.4 is 16.0 Å². The van der Waals surface area contributed by atoms with Crippen LogP contribution in [0.4, 0.5) is 20.6 Å². The van der Waals surface area contributed by atoms with Crippen LogP contribution in [-0.2, 0) is 0 Å². The molecule has 1 aliphatic heterocycles. The summed E-state index contributed by atoms with van der Waals surface area (Å²) >= 11 is 0. The Kier molecular flexibility index (Phi) is 7.06. The summed E-state index contributed by atoms with van der Waals surface area (Å²) in [4.78, 5) is 24.6. The highest BCUT2D eigenvalue weighted by Gasteiger charge is 2.23. The van der Waals surface area contributed by atoms with Crippen molar-refractivity contribution in [2.75, 3.05) is 31.1 Å². The molecule has 1 heterocycles. The summed E-state index contributed by atoms with van der Waals surface area (Å²) in [6.07, 6.45) is 1.24. The summed E-state index contributed by atoms with van der Waals surface area (Å²) in [7, 11) is 0. The lowest BCUT2D eigenvalue weighted by molar-refractivity contribution is 0.191. The van der Waals surface area contributed by atoms with E-state index in [-0.39, 0.29) is 17.8 Å². The van der Waals surface area contributed by atoms with E-state index in [0.717, 1.165) is 22.0 Å². The summed E-state index contributed by atoms with van der Waals surface area (Å²) in [6, 6.07) is 19.0. The lowest BCUT2D eigenvalue weighted by atomic mass is 10.00. The van der Waals surface area contributed by atoms with Gasteiger partial charge in [-0.15, -0.1) is 0 Å². The van der Waals surface area contributed by atoms with Gasteiger partial charge in [0.1, 0.15) is 12.0 Å². The van der Waals surface area contributed by atoms with E-state index >= 15 is 0 Å². The fourth-order valence-corrected chi connectivity index (χ4v) is 4.13. The van der Waals surface area contributed by atoms with E-state index in [1.165, 1.54) is 12.4 Å². The first-order valence-corrected chi connectivity index (χ1v) is 11.3. The van der Waals surface area contributed by atoms with E-state index in [9.17, 15) is 9.18 Å². The number of piperazine rings is 1. The van der Waals surface area contributed by atoms with Gasteiger partial charge in [0.15, 0.2) is 5.82 Å². The first kappa shape index (κ1) is 23.2. The third-order valence-electron chi connectivity index (χ3n) is 5.95. The van der Waals surface area contributed by atoms with Gasteiger partial charge in [0.2, 0.25) is 0 Å². The van der Waals surface area contributed by atoms with Gasteiger partial charge in [-0.1, -0.05) is 42.5 Å². The van der Waals surface area contributed by atoms with Crippen molar-refractivity contribution in [1.29, 1.82) is 0 Å². The summed E-state index contributed by atoms with van der Waals surface area (Å²) in [5, 5.41) is 5.42. The zero-order chi connectivity index (χ0) is 24.1. The van der Waals surface area contributed by atoms with Crippen LogP contribution in [0.2, 0.25) is 0 Å². The van der Waals surface area contributed by atoms with Crippen molar-refractivity contribution in [3.8, 4) is 0 Å². The standard InChI is InChI=1S/C26H29FN6O/c1-18(22-9-5-7-20-6-3-4-8-23(20)22)31-26(34)33-14-12-32(13-15-33)21-10-11-25(24(27)16-21)30-17-29-19(2)28/h3-11,16-18H,12-15H2,1-2H3,(H,31,34)(H2,28,29,30)/t18-/m0/s1. The zero-order valence-corrected chi connectivity index (χ0v) is 19.4. The quantitative estimate of drug-likeness (QED) is 0.431. The topological polar surface area (TPSA) is 86.3 Å². The maximum absolute atomic E-state index is 14.5. The molecule has 0 aromatic heterocycles. The predicted octanol–water partition coefficient (Wildman–Crippen LogP) is 4.61. The highest BCUT2D eigenvalue weighted by molar-refractivity contribution is 5.87. The van der Waals surface area contributed by atoms with Crippen LogP contribution in [0.3, 0.4) is 0 Å². The lowest BCUT2D eigenvalue weighted by Gasteiger charge is -2.36. The molecule has 3 N–H and O–H groups in total. The average molecular weight is 461 g/mol.